The average molecular weight is 248 g/mol. The van der Waals surface area contributed by atoms with Crippen LogP contribution in [0.2, 0.25) is 0 Å². The van der Waals surface area contributed by atoms with Gasteiger partial charge < -0.3 is 4.90 Å². The first-order valence-electron chi connectivity index (χ1n) is 7.87. The number of rotatable bonds is 3. The van der Waals surface area contributed by atoms with E-state index in [-0.39, 0.29) is 5.54 Å². The Bertz CT molecular complexity index is 354. The zero-order valence-electron chi connectivity index (χ0n) is 11.2. The minimum Gasteiger partial charge on any atom is -0.325 e. The second-order valence-electron chi connectivity index (χ2n) is 6.97. The van der Waals surface area contributed by atoms with Gasteiger partial charge in [0.15, 0.2) is 0 Å². The van der Waals surface area contributed by atoms with Crippen LogP contribution in [0, 0.1) is 11.8 Å². The Balaban J connectivity index is 1.52. The van der Waals surface area contributed by atoms with E-state index in [1.54, 1.807) is 0 Å². The standard InChI is InChI=1S/C15H24N2O/c18-14-15(8-9-15)16-13(12-6-1-2-7-12)17(14)10-11-4-3-5-11/h11-13,16H,1-10H2. The van der Waals surface area contributed by atoms with Gasteiger partial charge in [0.2, 0.25) is 5.91 Å². The van der Waals surface area contributed by atoms with E-state index in [0.29, 0.717) is 12.1 Å². The van der Waals surface area contributed by atoms with Crippen LogP contribution in [-0.4, -0.2) is 29.1 Å². The van der Waals surface area contributed by atoms with Crippen molar-refractivity contribution >= 4 is 5.91 Å². The molecule has 1 unspecified atom stereocenters. The van der Waals surface area contributed by atoms with Crippen LogP contribution in [-0.2, 0) is 4.79 Å². The highest BCUT2D eigenvalue weighted by Gasteiger charge is 2.60. The third kappa shape index (κ3) is 1.63. The molecule has 1 saturated heterocycles. The molecule has 4 rings (SSSR count). The number of nitrogens with zero attached hydrogens (tertiary/aromatic N) is 1. The number of amides is 1. The van der Waals surface area contributed by atoms with Crippen molar-refractivity contribution in [3.8, 4) is 0 Å². The summed E-state index contributed by atoms with van der Waals surface area (Å²) in [5, 5.41) is 3.71. The van der Waals surface area contributed by atoms with Crippen molar-refractivity contribution in [3.05, 3.63) is 0 Å². The maximum atomic E-state index is 12.6. The molecule has 3 heteroatoms. The summed E-state index contributed by atoms with van der Waals surface area (Å²) in [6.45, 7) is 1.04. The summed E-state index contributed by atoms with van der Waals surface area (Å²) in [7, 11) is 0. The van der Waals surface area contributed by atoms with E-state index in [0.717, 1.165) is 31.2 Å². The lowest BCUT2D eigenvalue weighted by atomic mass is 9.84. The number of nitrogens with one attached hydrogen (secondary N) is 1. The van der Waals surface area contributed by atoms with E-state index in [9.17, 15) is 4.79 Å². The molecule has 1 heterocycles. The van der Waals surface area contributed by atoms with Gasteiger partial charge in [0.25, 0.3) is 0 Å². The van der Waals surface area contributed by atoms with E-state index < -0.39 is 0 Å². The van der Waals surface area contributed by atoms with Gasteiger partial charge in [0.05, 0.1) is 11.7 Å². The summed E-state index contributed by atoms with van der Waals surface area (Å²) >= 11 is 0. The van der Waals surface area contributed by atoms with Crippen LogP contribution in [0.1, 0.15) is 57.8 Å². The predicted molar refractivity (Wildman–Crippen MR) is 69.9 cm³/mol. The molecule has 100 valence electrons. The summed E-state index contributed by atoms with van der Waals surface area (Å²) in [6, 6.07) is 0. The first kappa shape index (κ1) is 11.3. The lowest BCUT2D eigenvalue weighted by Gasteiger charge is -2.35. The molecule has 1 spiro atoms. The van der Waals surface area contributed by atoms with Crippen molar-refractivity contribution in [2.24, 2.45) is 11.8 Å². The Morgan fingerprint density at radius 3 is 2.39 bits per heavy atom. The normalized spacial score (nSPS) is 35.4. The molecule has 3 saturated carbocycles. The van der Waals surface area contributed by atoms with Crippen LogP contribution in [0.4, 0.5) is 0 Å². The molecule has 1 atom stereocenters. The summed E-state index contributed by atoms with van der Waals surface area (Å²) in [5.41, 5.74) is -0.100. The zero-order valence-corrected chi connectivity index (χ0v) is 11.2. The van der Waals surface area contributed by atoms with Gasteiger partial charge in [0.1, 0.15) is 0 Å². The smallest absolute Gasteiger partial charge is 0.244 e. The Kier molecular flexibility index (Phi) is 2.48. The summed E-state index contributed by atoms with van der Waals surface area (Å²) in [6.07, 6.45) is 12.0. The second kappa shape index (κ2) is 3.96. The molecule has 4 fully saturated rings. The number of hydrogen-bond acceptors (Lipinski definition) is 2. The minimum absolute atomic E-state index is 0.100. The van der Waals surface area contributed by atoms with E-state index in [1.165, 1.54) is 44.9 Å². The van der Waals surface area contributed by atoms with Crippen LogP contribution in [0.5, 0.6) is 0 Å². The summed E-state index contributed by atoms with van der Waals surface area (Å²) in [5.74, 6) is 1.97. The largest absolute Gasteiger partial charge is 0.325 e. The fourth-order valence-electron chi connectivity index (χ4n) is 4.10. The minimum atomic E-state index is -0.100. The molecule has 0 bridgehead atoms. The highest BCUT2D eigenvalue weighted by atomic mass is 16.2. The molecule has 3 aliphatic carbocycles. The van der Waals surface area contributed by atoms with Crippen LogP contribution >= 0.6 is 0 Å². The number of carbonyl (C=O) groups is 1. The molecule has 1 aliphatic heterocycles. The van der Waals surface area contributed by atoms with Crippen LogP contribution < -0.4 is 5.32 Å². The molecule has 0 aromatic heterocycles. The van der Waals surface area contributed by atoms with Gasteiger partial charge in [0, 0.05) is 6.54 Å². The van der Waals surface area contributed by atoms with Gasteiger partial charge in [-0.1, -0.05) is 19.3 Å². The van der Waals surface area contributed by atoms with Crippen molar-refractivity contribution in [1.29, 1.82) is 0 Å². The van der Waals surface area contributed by atoms with E-state index in [2.05, 4.69) is 10.2 Å². The van der Waals surface area contributed by atoms with E-state index >= 15 is 0 Å². The molecule has 1 N–H and O–H groups in total. The van der Waals surface area contributed by atoms with Crippen molar-refractivity contribution < 1.29 is 4.79 Å². The van der Waals surface area contributed by atoms with Crippen LogP contribution in [0.25, 0.3) is 0 Å². The zero-order chi connectivity index (χ0) is 12.2. The second-order valence-corrected chi connectivity index (χ2v) is 6.97. The molecular formula is C15H24N2O. The van der Waals surface area contributed by atoms with E-state index in [1.807, 2.05) is 0 Å². The Morgan fingerprint density at radius 2 is 1.83 bits per heavy atom. The van der Waals surface area contributed by atoms with Gasteiger partial charge in [-0.15, -0.1) is 0 Å². The molecular weight excluding hydrogens is 224 g/mol. The molecule has 4 aliphatic rings. The van der Waals surface area contributed by atoms with Crippen molar-refractivity contribution in [2.45, 2.75) is 69.5 Å². The third-order valence-corrected chi connectivity index (χ3v) is 5.71. The first-order valence-corrected chi connectivity index (χ1v) is 7.87. The van der Waals surface area contributed by atoms with Crippen molar-refractivity contribution in [2.75, 3.05) is 6.54 Å². The molecule has 1 amide bonds. The Labute approximate surface area is 109 Å². The van der Waals surface area contributed by atoms with Crippen LogP contribution in [0.3, 0.4) is 0 Å². The lowest BCUT2D eigenvalue weighted by molar-refractivity contribution is -0.132. The molecule has 3 nitrogen and oxygen atoms in total. The van der Waals surface area contributed by atoms with Gasteiger partial charge in [-0.25, -0.2) is 0 Å². The molecule has 0 radical (unpaired) electrons. The van der Waals surface area contributed by atoms with Crippen LogP contribution in [0.15, 0.2) is 0 Å². The quantitative estimate of drug-likeness (QED) is 0.831. The fraction of sp³-hybridized carbons (Fsp3) is 0.933. The first-order chi connectivity index (χ1) is 8.78. The number of hydrogen-bond donors (Lipinski definition) is 1. The topological polar surface area (TPSA) is 32.3 Å². The lowest BCUT2D eigenvalue weighted by Crippen LogP contribution is -2.45. The van der Waals surface area contributed by atoms with Gasteiger partial charge >= 0.3 is 0 Å². The maximum absolute atomic E-state index is 12.6. The van der Waals surface area contributed by atoms with Gasteiger partial charge in [-0.2, -0.15) is 0 Å². The molecule has 0 aromatic carbocycles. The predicted octanol–water partition coefficient (Wildman–Crippen LogP) is 2.27. The van der Waals surface area contributed by atoms with Gasteiger partial charge in [-0.3, -0.25) is 10.1 Å². The number of carbonyl (C=O) groups excluding carboxylic acids is 1. The fourth-order valence-corrected chi connectivity index (χ4v) is 4.10. The third-order valence-electron chi connectivity index (χ3n) is 5.71. The average Bonchev–Trinajstić information content (AvgIpc) is 2.80. The molecule has 18 heavy (non-hydrogen) atoms. The van der Waals surface area contributed by atoms with E-state index in [4.69, 9.17) is 0 Å². The molecule has 0 aromatic rings. The highest BCUT2D eigenvalue weighted by Crippen LogP contribution is 2.46. The highest BCUT2D eigenvalue weighted by molar-refractivity contribution is 5.91. The van der Waals surface area contributed by atoms with Crippen molar-refractivity contribution in [3.63, 3.8) is 0 Å². The van der Waals surface area contributed by atoms with Gasteiger partial charge in [-0.05, 0) is 50.4 Å². The SMILES string of the molecule is O=C1N(CC2CCC2)C(C2CCCC2)NC12CC2. The van der Waals surface area contributed by atoms with Crippen molar-refractivity contribution in [1.82, 2.24) is 10.2 Å². The Hall–Kier alpha value is -0.570. The maximum Gasteiger partial charge on any atom is 0.244 e. The summed E-state index contributed by atoms with van der Waals surface area (Å²) < 4.78 is 0. The summed E-state index contributed by atoms with van der Waals surface area (Å²) in [4.78, 5) is 14.8. The monoisotopic (exact) mass is 248 g/mol. The Morgan fingerprint density at radius 1 is 1.11 bits per heavy atom.